The van der Waals surface area contributed by atoms with Crippen molar-refractivity contribution in [3.05, 3.63) is 40.3 Å². The monoisotopic (exact) mass is 503 g/mol. The number of esters is 1. The molecule has 0 radical (unpaired) electrons. The number of methoxy groups -OCH3 is 1. The van der Waals surface area contributed by atoms with Gasteiger partial charge in [0.25, 0.3) is 0 Å². The molecule has 1 aliphatic rings. The Kier molecular flexibility index (Phi) is 9.12. The Morgan fingerprint density at radius 2 is 1.97 bits per heavy atom. The van der Waals surface area contributed by atoms with Crippen molar-refractivity contribution in [3.63, 3.8) is 0 Å². The first kappa shape index (κ1) is 25.8. The molecule has 1 aromatic heterocycles. The molecule has 0 bridgehead atoms. The van der Waals surface area contributed by atoms with E-state index >= 15 is 0 Å². The SMILES string of the molecule is CCCCC(=O)Nc1cccc(SCC(=O)Nc2sc3c(c2C(=O)OC)CCN(C(C)=O)C3)c1. The molecule has 0 aliphatic carbocycles. The van der Waals surface area contributed by atoms with E-state index in [0.717, 1.165) is 28.2 Å². The Balaban J connectivity index is 1.65. The highest BCUT2D eigenvalue weighted by Crippen LogP contribution is 2.38. The molecule has 1 aromatic carbocycles. The first-order valence-electron chi connectivity index (χ1n) is 11.1. The number of hydrogen-bond donors (Lipinski definition) is 2. The van der Waals surface area contributed by atoms with Crippen LogP contribution in [-0.2, 0) is 32.1 Å². The van der Waals surface area contributed by atoms with Gasteiger partial charge in [-0.3, -0.25) is 14.4 Å². The van der Waals surface area contributed by atoms with E-state index in [9.17, 15) is 19.2 Å². The zero-order valence-electron chi connectivity index (χ0n) is 19.6. The number of amides is 3. The van der Waals surface area contributed by atoms with Crippen LogP contribution in [0.4, 0.5) is 10.7 Å². The van der Waals surface area contributed by atoms with Gasteiger partial charge in [0, 0.05) is 35.3 Å². The van der Waals surface area contributed by atoms with Gasteiger partial charge < -0.3 is 20.3 Å². The fourth-order valence-electron chi connectivity index (χ4n) is 3.61. The van der Waals surface area contributed by atoms with Crippen molar-refractivity contribution in [3.8, 4) is 0 Å². The van der Waals surface area contributed by atoms with E-state index in [1.165, 1.54) is 37.1 Å². The molecule has 0 spiro atoms. The van der Waals surface area contributed by atoms with Crippen LogP contribution in [0.2, 0.25) is 0 Å². The van der Waals surface area contributed by atoms with E-state index in [2.05, 4.69) is 10.6 Å². The maximum absolute atomic E-state index is 12.7. The molecule has 0 saturated heterocycles. The van der Waals surface area contributed by atoms with Gasteiger partial charge in [-0.15, -0.1) is 23.1 Å². The van der Waals surface area contributed by atoms with Gasteiger partial charge in [0.1, 0.15) is 5.00 Å². The average molecular weight is 504 g/mol. The Labute approximate surface area is 207 Å². The zero-order chi connectivity index (χ0) is 24.7. The number of rotatable bonds is 9. The second kappa shape index (κ2) is 12.0. The highest BCUT2D eigenvalue weighted by atomic mass is 32.2. The van der Waals surface area contributed by atoms with Crippen LogP contribution in [-0.4, -0.2) is 48.0 Å². The molecule has 3 amide bonds. The number of nitrogens with zero attached hydrogens (tertiary/aromatic N) is 1. The lowest BCUT2D eigenvalue weighted by Crippen LogP contribution is -2.33. The quantitative estimate of drug-likeness (QED) is 0.391. The summed E-state index contributed by atoms with van der Waals surface area (Å²) in [5.41, 5.74) is 1.91. The Morgan fingerprint density at radius 1 is 1.18 bits per heavy atom. The minimum absolute atomic E-state index is 0.0237. The lowest BCUT2D eigenvalue weighted by Gasteiger charge is -2.25. The second-order valence-corrected chi connectivity index (χ2v) is 10.1. The van der Waals surface area contributed by atoms with Crippen molar-refractivity contribution in [2.45, 2.75) is 51.0 Å². The van der Waals surface area contributed by atoms with Crippen LogP contribution in [0.3, 0.4) is 0 Å². The summed E-state index contributed by atoms with van der Waals surface area (Å²) in [5, 5.41) is 6.18. The molecular weight excluding hydrogens is 474 g/mol. The lowest BCUT2D eigenvalue weighted by atomic mass is 10.0. The highest BCUT2D eigenvalue weighted by molar-refractivity contribution is 8.00. The number of hydrogen-bond acceptors (Lipinski definition) is 7. The third-order valence-corrected chi connectivity index (χ3v) is 7.52. The van der Waals surface area contributed by atoms with E-state index in [0.29, 0.717) is 42.2 Å². The van der Waals surface area contributed by atoms with Crippen molar-refractivity contribution in [1.82, 2.24) is 4.90 Å². The summed E-state index contributed by atoms with van der Waals surface area (Å²) >= 11 is 2.65. The average Bonchev–Trinajstić information content (AvgIpc) is 3.18. The number of carbonyl (C=O) groups excluding carboxylic acids is 4. The summed E-state index contributed by atoms with van der Waals surface area (Å²) in [4.78, 5) is 52.3. The van der Waals surface area contributed by atoms with Crippen molar-refractivity contribution >= 4 is 57.5 Å². The van der Waals surface area contributed by atoms with Gasteiger partial charge in [0.05, 0.1) is 25.0 Å². The van der Waals surface area contributed by atoms with Crippen LogP contribution in [0.25, 0.3) is 0 Å². The van der Waals surface area contributed by atoms with Gasteiger partial charge in [0.15, 0.2) is 0 Å². The summed E-state index contributed by atoms with van der Waals surface area (Å²) in [5.74, 6) is -0.667. The van der Waals surface area contributed by atoms with E-state index in [-0.39, 0.29) is 23.5 Å². The van der Waals surface area contributed by atoms with E-state index < -0.39 is 5.97 Å². The molecule has 0 atom stereocenters. The van der Waals surface area contributed by atoms with E-state index in [1.54, 1.807) is 4.90 Å². The molecule has 0 unspecified atom stereocenters. The van der Waals surface area contributed by atoms with Gasteiger partial charge in [-0.05, 0) is 36.6 Å². The number of thioether (sulfide) groups is 1. The van der Waals surface area contributed by atoms with Crippen LogP contribution in [0, 0.1) is 0 Å². The molecular formula is C24H29N3O5S2. The number of anilines is 2. The first-order chi connectivity index (χ1) is 16.3. The highest BCUT2D eigenvalue weighted by Gasteiger charge is 2.30. The largest absolute Gasteiger partial charge is 0.465 e. The zero-order valence-corrected chi connectivity index (χ0v) is 21.2. The number of fused-ring (bicyclic) bond motifs is 1. The molecule has 34 heavy (non-hydrogen) atoms. The number of unbranched alkanes of at least 4 members (excludes halogenated alkanes) is 1. The molecule has 1 aliphatic heterocycles. The predicted molar refractivity (Wildman–Crippen MR) is 134 cm³/mol. The topological polar surface area (TPSA) is 105 Å². The summed E-state index contributed by atoms with van der Waals surface area (Å²) in [7, 11) is 1.31. The lowest BCUT2D eigenvalue weighted by molar-refractivity contribution is -0.129. The molecule has 2 aromatic rings. The van der Waals surface area contributed by atoms with Gasteiger partial charge in [0.2, 0.25) is 17.7 Å². The summed E-state index contributed by atoms with van der Waals surface area (Å²) < 4.78 is 4.95. The minimum Gasteiger partial charge on any atom is -0.465 e. The van der Waals surface area contributed by atoms with E-state index in [4.69, 9.17) is 4.74 Å². The summed E-state index contributed by atoms with van der Waals surface area (Å²) in [6.07, 6.45) is 2.82. The third-order valence-electron chi connectivity index (χ3n) is 5.39. The van der Waals surface area contributed by atoms with E-state index in [1.807, 2.05) is 31.2 Å². The van der Waals surface area contributed by atoms with Gasteiger partial charge in [-0.2, -0.15) is 0 Å². The normalized spacial score (nSPS) is 12.6. The summed E-state index contributed by atoms with van der Waals surface area (Å²) in [6.45, 7) is 4.50. The minimum atomic E-state index is -0.497. The molecule has 182 valence electrons. The maximum Gasteiger partial charge on any atom is 0.341 e. The molecule has 2 heterocycles. The smallest absolute Gasteiger partial charge is 0.341 e. The van der Waals surface area contributed by atoms with Crippen LogP contribution in [0.1, 0.15) is 53.9 Å². The van der Waals surface area contributed by atoms with Crippen molar-refractivity contribution in [2.24, 2.45) is 0 Å². The first-order valence-corrected chi connectivity index (χ1v) is 12.9. The van der Waals surface area contributed by atoms with Gasteiger partial charge in [-0.25, -0.2) is 4.79 Å². The number of carbonyl (C=O) groups is 4. The molecule has 10 heteroatoms. The molecule has 0 saturated carbocycles. The summed E-state index contributed by atoms with van der Waals surface area (Å²) in [6, 6.07) is 7.36. The Hall–Kier alpha value is -2.85. The van der Waals surface area contributed by atoms with Crippen molar-refractivity contribution in [1.29, 1.82) is 0 Å². The number of ether oxygens (including phenoxy) is 1. The fourth-order valence-corrected chi connectivity index (χ4v) is 5.64. The Bertz CT molecular complexity index is 1080. The van der Waals surface area contributed by atoms with Crippen LogP contribution >= 0.6 is 23.1 Å². The van der Waals surface area contributed by atoms with Crippen molar-refractivity contribution in [2.75, 3.05) is 30.0 Å². The number of benzene rings is 1. The number of thiophene rings is 1. The predicted octanol–water partition coefficient (Wildman–Crippen LogP) is 4.30. The number of nitrogens with one attached hydrogen (secondary N) is 2. The van der Waals surface area contributed by atoms with Gasteiger partial charge in [-0.1, -0.05) is 19.4 Å². The standard InChI is InChI=1S/C24H29N3O5S2/c1-4-5-9-20(29)25-16-7-6-8-17(12-16)33-14-21(30)26-23-22(24(31)32-3)18-10-11-27(15(2)28)13-19(18)34-23/h6-8,12H,4-5,9-11,13-14H2,1-3H3,(H,25,29)(H,26,30). The van der Waals surface area contributed by atoms with Crippen LogP contribution in [0.5, 0.6) is 0 Å². The molecule has 8 nitrogen and oxygen atoms in total. The maximum atomic E-state index is 12.7. The third kappa shape index (κ3) is 6.60. The van der Waals surface area contributed by atoms with Crippen LogP contribution < -0.4 is 10.6 Å². The van der Waals surface area contributed by atoms with Crippen LogP contribution in [0.15, 0.2) is 29.2 Å². The second-order valence-electron chi connectivity index (χ2n) is 7.91. The van der Waals surface area contributed by atoms with Crippen molar-refractivity contribution < 1.29 is 23.9 Å². The molecule has 3 rings (SSSR count). The Morgan fingerprint density at radius 3 is 2.68 bits per heavy atom. The molecule has 0 fully saturated rings. The molecule has 2 N–H and O–H groups in total. The fraction of sp³-hybridized carbons (Fsp3) is 0.417. The van der Waals surface area contributed by atoms with Gasteiger partial charge >= 0.3 is 5.97 Å².